The molecule has 0 radical (unpaired) electrons. The van der Waals surface area contributed by atoms with Crippen LogP contribution in [0, 0.1) is 0 Å². The number of amides is 3. The number of urea groups is 1. The second-order valence-corrected chi connectivity index (χ2v) is 9.63. The van der Waals surface area contributed by atoms with Gasteiger partial charge in [0.1, 0.15) is 0 Å². The highest BCUT2D eigenvalue weighted by Crippen LogP contribution is 2.18. The molecule has 1 atom stereocenters. The van der Waals surface area contributed by atoms with Gasteiger partial charge in [-0.3, -0.25) is 4.79 Å². The number of likely N-dealkylation sites (tertiary alicyclic amines) is 1. The molecule has 0 aliphatic carbocycles. The lowest BCUT2D eigenvalue weighted by atomic mass is 10.0. The summed E-state index contributed by atoms with van der Waals surface area (Å²) in [5.41, 5.74) is 1.47. The lowest BCUT2D eigenvalue weighted by Crippen LogP contribution is -2.49. The Hall–Kier alpha value is -2.87. The molecule has 1 aliphatic heterocycles. The van der Waals surface area contributed by atoms with Gasteiger partial charge in [0.15, 0.2) is 9.84 Å². The molecule has 2 N–H and O–H groups in total. The number of rotatable bonds is 5. The van der Waals surface area contributed by atoms with Crippen LogP contribution >= 0.6 is 0 Å². The molecule has 0 aromatic heterocycles. The molecule has 2 aromatic carbocycles. The summed E-state index contributed by atoms with van der Waals surface area (Å²) in [5.74, 6) is -0.0929. The van der Waals surface area contributed by atoms with Gasteiger partial charge in [0.2, 0.25) is 0 Å². The van der Waals surface area contributed by atoms with Gasteiger partial charge < -0.3 is 15.5 Å². The Morgan fingerprint density at radius 3 is 2.17 bits per heavy atom. The van der Waals surface area contributed by atoms with E-state index in [0.29, 0.717) is 31.5 Å². The molecule has 1 aliphatic rings. The van der Waals surface area contributed by atoms with Crippen molar-refractivity contribution in [3.8, 4) is 0 Å². The SMILES string of the molecule is CC(NC(=O)N1CCC(NC(=O)c2ccccc2)CC1)c1ccc(S(C)(=O)=O)cc1. The average Bonchev–Trinajstić information content (AvgIpc) is 2.74. The van der Waals surface area contributed by atoms with E-state index in [0.717, 1.165) is 5.56 Å². The summed E-state index contributed by atoms with van der Waals surface area (Å²) < 4.78 is 23.1. The van der Waals surface area contributed by atoms with Crippen LogP contribution in [0.4, 0.5) is 4.79 Å². The lowest BCUT2D eigenvalue weighted by Gasteiger charge is -2.33. The van der Waals surface area contributed by atoms with Gasteiger partial charge in [0.05, 0.1) is 10.9 Å². The lowest BCUT2D eigenvalue weighted by molar-refractivity contribution is 0.0917. The molecule has 2 aromatic rings. The quantitative estimate of drug-likeness (QED) is 0.764. The molecule has 160 valence electrons. The van der Waals surface area contributed by atoms with Crippen molar-refractivity contribution in [2.24, 2.45) is 0 Å². The van der Waals surface area contributed by atoms with Gasteiger partial charge in [0, 0.05) is 31.0 Å². The second kappa shape index (κ2) is 9.30. The topological polar surface area (TPSA) is 95.6 Å². The fourth-order valence-corrected chi connectivity index (χ4v) is 4.08. The summed E-state index contributed by atoms with van der Waals surface area (Å²) in [7, 11) is -3.24. The third kappa shape index (κ3) is 5.60. The van der Waals surface area contributed by atoms with Crippen LogP contribution in [0.5, 0.6) is 0 Å². The van der Waals surface area contributed by atoms with E-state index in [1.165, 1.54) is 6.26 Å². The predicted octanol–water partition coefficient (Wildman–Crippen LogP) is 2.76. The Bertz CT molecular complexity index is 983. The van der Waals surface area contributed by atoms with Gasteiger partial charge in [0.25, 0.3) is 5.91 Å². The van der Waals surface area contributed by atoms with Crippen molar-refractivity contribution in [2.45, 2.75) is 36.7 Å². The molecule has 1 heterocycles. The Kier molecular flexibility index (Phi) is 6.77. The van der Waals surface area contributed by atoms with E-state index in [-0.39, 0.29) is 28.9 Å². The molecule has 7 nitrogen and oxygen atoms in total. The first-order valence-corrected chi connectivity index (χ1v) is 11.8. The molecular formula is C22H27N3O4S. The first-order valence-electron chi connectivity index (χ1n) is 9.95. The van der Waals surface area contributed by atoms with Crippen LogP contribution in [-0.4, -0.2) is 50.6 Å². The van der Waals surface area contributed by atoms with E-state index in [2.05, 4.69) is 10.6 Å². The normalized spacial score (nSPS) is 16.0. The summed E-state index contributed by atoms with van der Waals surface area (Å²) in [6.45, 7) is 2.98. The minimum atomic E-state index is -3.24. The smallest absolute Gasteiger partial charge is 0.317 e. The van der Waals surface area contributed by atoms with Crippen molar-refractivity contribution in [1.82, 2.24) is 15.5 Å². The second-order valence-electron chi connectivity index (χ2n) is 7.61. The number of hydrogen-bond acceptors (Lipinski definition) is 4. The van der Waals surface area contributed by atoms with Crippen LogP contribution in [-0.2, 0) is 9.84 Å². The molecule has 1 unspecified atom stereocenters. The van der Waals surface area contributed by atoms with E-state index in [1.54, 1.807) is 41.3 Å². The van der Waals surface area contributed by atoms with E-state index in [4.69, 9.17) is 0 Å². The Morgan fingerprint density at radius 2 is 1.60 bits per heavy atom. The zero-order valence-electron chi connectivity index (χ0n) is 17.2. The van der Waals surface area contributed by atoms with Gasteiger partial charge in [-0.15, -0.1) is 0 Å². The number of nitrogens with one attached hydrogen (secondary N) is 2. The molecule has 3 amide bonds. The van der Waals surface area contributed by atoms with Crippen LogP contribution in [0.25, 0.3) is 0 Å². The largest absolute Gasteiger partial charge is 0.349 e. The number of carbonyl (C=O) groups is 2. The van der Waals surface area contributed by atoms with Gasteiger partial charge in [-0.25, -0.2) is 13.2 Å². The Balaban J connectivity index is 1.48. The summed E-state index contributed by atoms with van der Waals surface area (Å²) in [6, 6.07) is 15.3. The van der Waals surface area contributed by atoms with Crippen molar-refractivity contribution in [3.63, 3.8) is 0 Å². The maximum Gasteiger partial charge on any atom is 0.317 e. The fourth-order valence-electron chi connectivity index (χ4n) is 3.45. The molecule has 1 fully saturated rings. The van der Waals surface area contributed by atoms with Crippen LogP contribution < -0.4 is 10.6 Å². The molecule has 0 bridgehead atoms. The highest BCUT2D eigenvalue weighted by atomic mass is 32.2. The van der Waals surface area contributed by atoms with Gasteiger partial charge in [-0.1, -0.05) is 30.3 Å². The third-order valence-corrected chi connectivity index (χ3v) is 6.43. The maximum atomic E-state index is 12.6. The summed E-state index contributed by atoms with van der Waals surface area (Å²) in [4.78, 5) is 26.9. The number of benzene rings is 2. The van der Waals surface area contributed by atoms with Gasteiger partial charge in [-0.2, -0.15) is 0 Å². The number of piperidine rings is 1. The van der Waals surface area contributed by atoms with Crippen molar-refractivity contribution in [2.75, 3.05) is 19.3 Å². The average molecular weight is 430 g/mol. The minimum absolute atomic E-state index is 0.0442. The Labute approximate surface area is 177 Å². The zero-order valence-corrected chi connectivity index (χ0v) is 18.0. The summed E-state index contributed by atoms with van der Waals surface area (Å²) >= 11 is 0. The third-order valence-electron chi connectivity index (χ3n) is 5.30. The molecule has 30 heavy (non-hydrogen) atoms. The summed E-state index contributed by atoms with van der Waals surface area (Å²) in [5, 5.41) is 5.99. The molecular weight excluding hydrogens is 402 g/mol. The van der Waals surface area contributed by atoms with Gasteiger partial charge >= 0.3 is 6.03 Å². The van der Waals surface area contributed by atoms with Crippen LogP contribution in [0.3, 0.4) is 0 Å². The zero-order chi connectivity index (χ0) is 21.7. The molecule has 8 heteroatoms. The predicted molar refractivity (Wildman–Crippen MR) is 115 cm³/mol. The highest BCUT2D eigenvalue weighted by molar-refractivity contribution is 7.90. The van der Waals surface area contributed by atoms with E-state index in [9.17, 15) is 18.0 Å². The monoisotopic (exact) mass is 429 g/mol. The number of nitrogens with zero attached hydrogens (tertiary/aromatic N) is 1. The van der Waals surface area contributed by atoms with Crippen molar-refractivity contribution < 1.29 is 18.0 Å². The van der Waals surface area contributed by atoms with Crippen molar-refractivity contribution in [1.29, 1.82) is 0 Å². The van der Waals surface area contributed by atoms with E-state index >= 15 is 0 Å². The number of carbonyl (C=O) groups excluding carboxylic acids is 2. The molecule has 1 saturated heterocycles. The maximum absolute atomic E-state index is 12.6. The van der Waals surface area contributed by atoms with E-state index in [1.807, 2.05) is 25.1 Å². The van der Waals surface area contributed by atoms with Crippen LogP contribution in [0.1, 0.15) is 41.7 Å². The Morgan fingerprint density at radius 1 is 1.00 bits per heavy atom. The van der Waals surface area contributed by atoms with Crippen LogP contribution in [0.2, 0.25) is 0 Å². The highest BCUT2D eigenvalue weighted by Gasteiger charge is 2.25. The van der Waals surface area contributed by atoms with Gasteiger partial charge in [-0.05, 0) is 49.6 Å². The number of hydrogen-bond donors (Lipinski definition) is 2. The van der Waals surface area contributed by atoms with Crippen molar-refractivity contribution in [3.05, 3.63) is 65.7 Å². The van der Waals surface area contributed by atoms with Crippen LogP contribution in [0.15, 0.2) is 59.5 Å². The van der Waals surface area contributed by atoms with Crippen molar-refractivity contribution >= 4 is 21.8 Å². The first-order chi connectivity index (χ1) is 14.2. The summed E-state index contributed by atoms with van der Waals surface area (Å²) in [6.07, 6.45) is 2.56. The molecule has 0 spiro atoms. The first kappa shape index (κ1) is 21.8. The molecule has 3 rings (SSSR count). The minimum Gasteiger partial charge on any atom is -0.349 e. The fraction of sp³-hybridized carbons (Fsp3) is 0.364. The van der Waals surface area contributed by atoms with E-state index < -0.39 is 9.84 Å². The molecule has 0 saturated carbocycles. The standard InChI is InChI=1S/C22H27N3O4S/c1-16(17-8-10-20(11-9-17)30(2,28)29)23-22(27)25-14-12-19(13-15-25)24-21(26)18-6-4-3-5-7-18/h3-11,16,19H,12-15H2,1-2H3,(H,23,27)(H,24,26). The number of sulfone groups is 1.